The molecule has 1 unspecified atom stereocenters. The molecule has 4 N–H and O–H groups in total. The van der Waals surface area contributed by atoms with E-state index in [-0.39, 0.29) is 29.1 Å². The molecule has 1 atom stereocenters. The zero-order valence-corrected chi connectivity index (χ0v) is 21.4. The van der Waals surface area contributed by atoms with Gasteiger partial charge in [-0.2, -0.15) is 13.2 Å². The average Bonchev–Trinajstić information content (AvgIpc) is 2.85. The van der Waals surface area contributed by atoms with Crippen molar-refractivity contribution < 1.29 is 32.7 Å². The number of nitrogens with zero attached hydrogens (tertiary/aromatic N) is 2. The van der Waals surface area contributed by atoms with Gasteiger partial charge in [0, 0.05) is 37.8 Å². The maximum Gasteiger partial charge on any atom is 0.418 e. The predicted octanol–water partition coefficient (Wildman–Crippen LogP) is 5.00. The van der Waals surface area contributed by atoms with Crippen molar-refractivity contribution >= 4 is 40.9 Å². The van der Waals surface area contributed by atoms with Crippen molar-refractivity contribution in [2.75, 3.05) is 24.1 Å². The van der Waals surface area contributed by atoms with E-state index in [1.807, 2.05) is 24.3 Å². The normalized spacial score (nSPS) is 18.0. The third-order valence-electron chi connectivity index (χ3n) is 7.27. The van der Waals surface area contributed by atoms with Crippen LogP contribution in [0.15, 0.2) is 36.4 Å². The fraction of sp³-hybridized carbons (Fsp3) is 0.423. The molecular weight excluding hydrogens is 525 g/mol. The van der Waals surface area contributed by atoms with Gasteiger partial charge in [-0.1, -0.05) is 29.8 Å². The molecule has 0 spiro atoms. The Bertz CT molecular complexity index is 1260. The molecule has 8 nitrogen and oxygen atoms in total. The van der Waals surface area contributed by atoms with E-state index in [2.05, 4.69) is 5.32 Å². The molecule has 0 bridgehead atoms. The lowest BCUT2D eigenvalue weighted by atomic mass is 9.79. The summed E-state index contributed by atoms with van der Waals surface area (Å²) in [5.74, 6) is -1.73. The highest BCUT2D eigenvalue weighted by molar-refractivity contribution is 6.33. The number of amides is 3. The van der Waals surface area contributed by atoms with Crippen molar-refractivity contribution in [2.24, 2.45) is 5.41 Å². The van der Waals surface area contributed by atoms with E-state index in [0.717, 1.165) is 17.3 Å². The van der Waals surface area contributed by atoms with Gasteiger partial charge in [0.2, 0.25) is 5.91 Å². The van der Waals surface area contributed by atoms with Crippen LogP contribution in [0.5, 0.6) is 0 Å². The number of nitrogen functional groups attached to an aromatic ring is 1. The number of carbonyl (C=O) groups excluding carboxylic acids is 2. The van der Waals surface area contributed by atoms with Crippen molar-refractivity contribution in [3.05, 3.63) is 58.1 Å². The summed E-state index contributed by atoms with van der Waals surface area (Å²) in [6.07, 6.45) is -4.48. The van der Waals surface area contributed by atoms with Crippen LogP contribution in [-0.4, -0.2) is 51.9 Å². The van der Waals surface area contributed by atoms with Crippen molar-refractivity contribution in [2.45, 2.75) is 51.4 Å². The minimum Gasteiger partial charge on any atom is -0.481 e. The lowest BCUT2D eigenvalue weighted by Crippen LogP contribution is -2.51. The summed E-state index contributed by atoms with van der Waals surface area (Å²) in [7, 11) is 0. The first-order valence-corrected chi connectivity index (χ1v) is 12.5. The predicted molar refractivity (Wildman–Crippen MR) is 136 cm³/mol. The SMILES string of the molecule is CC(CC(=O)N1CCC(N2Cc3ccccc3NC2=O)CC1)(Cc1cc(Cl)c(N)c(C(F)(F)F)c1)C(=O)O. The number of halogens is 4. The maximum atomic E-state index is 13.4. The first kappa shape index (κ1) is 27.6. The van der Waals surface area contributed by atoms with Crippen LogP contribution in [0.1, 0.15) is 42.9 Å². The Hall–Kier alpha value is -3.47. The number of carboxylic acid groups (broad SMARTS) is 1. The van der Waals surface area contributed by atoms with Crippen molar-refractivity contribution in [1.29, 1.82) is 0 Å². The van der Waals surface area contributed by atoms with Crippen LogP contribution >= 0.6 is 11.6 Å². The molecule has 204 valence electrons. The van der Waals surface area contributed by atoms with E-state index >= 15 is 0 Å². The number of piperidine rings is 1. The highest BCUT2D eigenvalue weighted by atomic mass is 35.5. The van der Waals surface area contributed by atoms with Crippen LogP contribution in [-0.2, 0) is 28.7 Å². The van der Waals surface area contributed by atoms with Gasteiger partial charge in [-0.15, -0.1) is 0 Å². The molecule has 2 aliphatic rings. The summed E-state index contributed by atoms with van der Waals surface area (Å²) in [6, 6.07) is 9.22. The van der Waals surface area contributed by atoms with Crippen LogP contribution in [0, 0.1) is 5.41 Å². The van der Waals surface area contributed by atoms with Crippen LogP contribution in [0.2, 0.25) is 5.02 Å². The fourth-order valence-corrected chi connectivity index (χ4v) is 5.31. The number of carboxylic acids is 1. The summed E-state index contributed by atoms with van der Waals surface area (Å²) >= 11 is 5.90. The first-order valence-electron chi connectivity index (χ1n) is 12.1. The number of para-hydroxylation sites is 1. The molecule has 0 radical (unpaired) electrons. The molecule has 3 amide bonds. The van der Waals surface area contributed by atoms with Crippen LogP contribution in [0.3, 0.4) is 0 Å². The number of alkyl halides is 3. The molecular formula is C26H28ClF3N4O4. The zero-order chi connectivity index (χ0) is 27.8. The molecule has 0 aromatic heterocycles. The Morgan fingerprint density at radius 1 is 1.18 bits per heavy atom. The van der Waals surface area contributed by atoms with Crippen molar-refractivity contribution in [3.8, 4) is 0 Å². The molecule has 2 aromatic carbocycles. The summed E-state index contributed by atoms with van der Waals surface area (Å²) in [5.41, 5.74) is 3.82. The van der Waals surface area contributed by atoms with E-state index in [1.54, 1.807) is 9.80 Å². The molecule has 0 saturated carbocycles. The summed E-state index contributed by atoms with van der Waals surface area (Å²) in [4.78, 5) is 41.2. The van der Waals surface area contributed by atoms with Gasteiger partial charge in [0.15, 0.2) is 0 Å². The van der Waals surface area contributed by atoms with Crippen LogP contribution in [0.25, 0.3) is 0 Å². The first-order chi connectivity index (χ1) is 17.8. The number of hydrogen-bond acceptors (Lipinski definition) is 4. The van der Waals surface area contributed by atoms with Crippen LogP contribution in [0.4, 0.5) is 29.3 Å². The summed E-state index contributed by atoms with van der Waals surface area (Å²) < 4.78 is 40.1. The molecule has 2 aromatic rings. The smallest absolute Gasteiger partial charge is 0.418 e. The minimum absolute atomic E-state index is 0.0179. The monoisotopic (exact) mass is 552 g/mol. The zero-order valence-electron chi connectivity index (χ0n) is 20.6. The third kappa shape index (κ3) is 5.67. The minimum atomic E-state index is -4.77. The number of aliphatic carboxylic acids is 1. The number of fused-ring (bicyclic) bond motifs is 1. The molecule has 0 aliphatic carbocycles. The molecule has 4 rings (SSSR count). The Balaban J connectivity index is 1.42. The maximum absolute atomic E-state index is 13.4. The highest BCUT2D eigenvalue weighted by Gasteiger charge is 2.40. The van der Waals surface area contributed by atoms with Gasteiger partial charge in [0.25, 0.3) is 0 Å². The Kier molecular flexibility index (Phi) is 7.51. The van der Waals surface area contributed by atoms with E-state index in [4.69, 9.17) is 17.3 Å². The number of urea groups is 1. The van der Waals surface area contributed by atoms with E-state index in [9.17, 15) is 32.7 Å². The van der Waals surface area contributed by atoms with E-state index in [1.165, 1.54) is 13.0 Å². The summed E-state index contributed by atoms with van der Waals surface area (Å²) in [6.45, 7) is 2.45. The van der Waals surface area contributed by atoms with Gasteiger partial charge in [-0.25, -0.2) is 4.79 Å². The van der Waals surface area contributed by atoms with Gasteiger partial charge >= 0.3 is 18.2 Å². The number of hydrogen-bond donors (Lipinski definition) is 3. The van der Waals surface area contributed by atoms with Gasteiger partial charge in [0.1, 0.15) is 0 Å². The van der Waals surface area contributed by atoms with E-state index < -0.39 is 41.1 Å². The highest BCUT2D eigenvalue weighted by Crippen LogP contribution is 2.40. The van der Waals surface area contributed by atoms with Crippen molar-refractivity contribution in [1.82, 2.24) is 9.80 Å². The second-order valence-electron chi connectivity index (χ2n) is 10.1. The van der Waals surface area contributed by atoms with Gasteiger partial charge in [0.05, 0.1) is 21.7 Å². The topological polar surface area (TPSA) is 116 Å². The van der Waals surface area contributed by atoms with Crippen LogP contribution < -0.4 is 11.1 Å². The molecule has 2 aliphatic heterocycles. The Morgan fingerprint density at radius 2 is 1.84 bits per heavy atom. The molecule has 1 saturated heterocycles. The molecule has 2 heterocycles. The number of nitrogens with two attached hydrogens (primary N) is 1. The van der Waals surface area contributed by atoms with Crippen molar-refractivity contribution in [3.63, 3.8) is 0 Å². The number of nitrogens with one attached hydrogen (secondary N) is 1. The molecule has 38 heavy (non-hydrogen) atoms. The standard InChI is InChI=1S/C26H28ClF3N4O4/c1-25(23(36)37,12-15-10-18(26(28,29)30)22(31)19(27)11-15)13-21(35)33-8-6-17(7-9-33)34-14-16-4-2-3-5-20(16)32-24(34)38/h2-5,10-11,17H,6-9,12-14,31H2,1H3,(H,32,38)(H,36,37). The van der Waals surface area contributed by atoms with E-state index in [0.29, 0.717) is 32.5 Å². The second-order valence-corrected chi connectivity index (χ2v) is 10.5. The van der Waals surface area contributed by atoms with Gasteiger partial charge in [-0.3, -0.25) is 9.59 Å². The number of anilines is 2. The third-order valence-corrected chi connectivity index (χ3v) is 7.58. The van der Waals surface area contributed by atoms with Gasteiger partial charge in [-0.05, 0) is 55.5 Å². The molecule has 12 heteroatoms. The quantitative estimate of drug-likeness (QED) is 0.436. The largest absolute Gasteiger partial charge is 0.481 e. The number of benzene rings is 2. The number of carbonyl (C=O) groups is 3. The Labute approximate surface area is 222 Å². The lowest BCUT2D eigenvalue weighted by molar-refractivity contribution is -0.153. The average molecular weight is 553 g/mol. The fourth-order valence-electron chi connectivity index (χ4n) is 5.06. The summed E-state index contributed by atoms with van der Waals surface area (Å²) in [5, 5.41) is 12.5. The number of rotatable bonds is 6. The van der Waals surface area contributed by atoms with Gasteiger partial charge < -0.3 is 26.0 Å². The lowest BCUT2D eigenvalue weighted by Gasteiger charge is -2.41. The Morgan fingerprint density at radius 3 is 2.47 bits per heavy atom. The number of likely N-dealkylation sites (tertiary alicyclic amines) is 1. The second kappa shape index (κ2) is 10.4. The molecule has 1 fully saturated rings.